The Hall–Kier alpha value is -6.57. The Balaban J connectivity index is 0.769. The van der Waals surface area contributed by atoms with Gasteiger partial charge in [0.15, 0.2) is 41.4 Å². The first kappa shape index (κ1) is 65.9. The van der Waals surface area contributed by atoms with Crippen LogP contribution in [0.3, 0.4) is 0 Å². The number of phosphoric acid groups is 4. The molecule has 0 spiro atoms. The van der Waals surface area contributed by atoms with Gasteiger partial charge < -0.3 is 80.5 Å². The lowest BCUT2D eigenvalue weighted by molar-refractivity contribution is -0.746. The Morgan fingerprint density at radius 2 is 1.45 bits per heavy atom. The fraction of sp³-hybridized carbons (Fsp3) is 0.523. The molecule has 4 saturated heterocycles. The van der Waals surface area contributed by atoms with Gasteiger partial charge in [0.25, 0.3) is 22.8 Å². The van der Waals surface area contributed by atoms with E-state index >= 15 is 0 Å². The van der Waals surface area contributed by atoms with Gasteiger partial charge in [0.2, 0.25) is 17.7 Å². The SMILES string of the molecule is Cn1c[n+]([C@@H]2O[C@H](COP(=O)(O)OP(=O)(O)OP(=O)(O)OC[C@]34CO[C@@H](C3OP(=O)(O)OC[C@H]3O[C@@H](n5cnc6c(=O)[nH]c(N)nc65)[C@@H](O)C3O)[C@H](n3cnc5c(N)ncnc53)O4)[C@H](O)C2OCOC(c2ccccc2[N+](=O)[O-])C(C)(C)C)c2nc(N)[nH]c(=O)c21. The Morgan fingerprint density at radius 1 is 0.813 bits per heavy atom. The Bertz CT molecular complexity index is 4280. The van der Waals surface area contributed by atoms with E-state index in [9.17, 15) is 72.9 Å². The maximum Gasteiger partial charge on any atom is 0.490 e. The van der Waals surface area contributed by atoms with E-state index in [1.807, 2.05) is 0 Å². The van der Waals surface area contributed by atoms with Crippen LogP contribution in [0.25, 0.3) is 33.5 Å². The molecule has 11 rings (SSSR count). The summed E-state index contributed by atoms with van der Waals surface area (Å²) in [6.07, 6.45) is -14.8. The number of benzene rings is 1. The topological polar surface area (TPSA) is 604 Å². The number of para-hydroxylation sites is 1. The fourth-order valence-electron chi connectivity index (χ4n) is 10.8. The van der Waals surface area contributed by atoms with Crippen molar-refractivity contribution in [2.75, 3.05) is 50.4 Å². The van der Waals surface area contributed by atoms with Crippen LogP contribution in [0.1, 0.15) is 51.1 Å². The Morgan fingerprint density at radius 3 is 2.15 bits per heavy atom. The molecule has 4 aliphatic rings. The normalized spacial score (nSPS) is 29.0. The number of nitrogens with one attached hydrogen (secondary N) is 2. The summed E-state index contributed by atoms with van der Waals surface area (Å²) < 4.78 is 125. The number of aromatic amines is 2. The summed E-state index contributed by atoms with van der Waals surface area (Å²) in [4.78, 5) is 109. The Labute approximate surface area is 507 Å². The predicted molar refractivity (Wildman–Crippen MR) is 297 cm³/mol. The highest BCUT2D eigenvalue weighted by atomic mass is 31.3. The van der Waals surface area contributed by atoms with Gasteiger partial charge in [-0.25, -0.2) is 42.8 Å². The minimum Gasteiger partial charge on any atom is -0.387 e. The highest BCUT2D eigenvalue weighted by Gasteiger charge is 2.66. The van der Waals surface area contributed by atoms with E-state index in [-0.39, 0.29) is 62.5 Å². The van der Waals surface area contributed by atoms with E-state index in [2.05, 4.69) is 48.5 Å². The number of hydrogen-bond donors (Lipinski definition) is 12. The van der Waals surface area contributed by atoms with Crippen LogP contribution in [0.5, 0.6) is 0 Å². The van der Waals surface area contributed by atoms with Crippen molar-refractivity contribution in [2.24, 2.45) is 12.5 Å². The van der Waals surface area contributed by atoms with E-state index in [1.54, 1.807) is 26.8 Å². The second-order valence-electron chi connectivity index (χ2n) is 22.0. The number of ether oxygens (including phenoxy) is 6. The zero-order valence-electron chi connectivity index (χ0n) is 47.3. The highest BCUT2D eigenvalue weighted by Crippen LogP contribution is 2.68. The van der Waals surface area contributed by atoms with Gasteiger partial charge in [0.1, 0.15) is 73.1 Å². The van der Waals surface area contributed by atoms with E-state index < -0.39 is 165 Å². The number of imidazole rings is 3. The molecule has 10 heterocycles. The van der Waals surface area contributed by atoms with Crippen molar-refractivity contribution in [3.63, 3.8) is 0 Å². The molecule has 0 aliphatic carbocycles. The van der Waals surface area contributed by atoms with Gasteiger partial charge in [0.05, 0.1) is 62.7 Å². The number of nitrogens with two attached hydrogens (primary N) is 3. The number of nitro benzene ring substituents is 1. The van der Waals surface area contributed by atoms with Crippen molar-refractivity contribution >= 4 is 88.2 Å². The van der Waals surface area contributed by atoms with Crippen LogP contribution in [-0.2, 0) is 80.4 Å². The Kier molecular flexibility index (Phi) is 17.7. The number of hydrogen-bond acceptors (Lipinski definition) is 32. The summed E-state index contributed by atoms with van der Waals surface area (Å²) in [6.45, 7) is 0.287. The van der Waals surface area contributed by atoms with Gasteiger partial charge in [-0.05, 0) is 11.5 Å². The molecule has 1 aromatic carbocycles. The van der Waals surface area contributed by atoms with Crippen molar-refractivity contribution in [3.8, 4) is 0 Å². The average Bonchev–Trinajstić information content (AvgIpc) is 1.57. The second kappa shape index (κ2) is 24.4. The quantitative estimate of drug-likeness (QED) is 0.0110. The van der Waals surface area contributed by atoms with Crippen molar-refractivity contribution in [3.05, 3.63) is 86.0 Å². The summed E-state index contributed by atoms with van der Waals surface area (Å²) in [6, 6.07) is 5.79. The molecule has 0 saturated carbocycles. The van der Waals surface area contributed by atoms with Gasteiger partial charge in [-0.3, -0.25) is 61.5 Å². The number of aromatic nitrogens is 12. The summed E-state index contributed by atoms with van der Waals surface area (Å²) in [7, 11) is -22.4. The van der Waals surface area contributed by atoms with Crippen LogP contribution in [0.15, 0.2) is 59.2 Å². The molecule has 6 aromatic heterocycles. The maximum atomic E-state index is 13.9. The van der Waals surface area contributed by atoms with Gasteiger partial charge >= 0.3 is 36.9 Å². The summed E-state index contributed by atoms with van der Waals surface area (Å²) in [5.41, 5.74) is 12.4. The minimum absolute atomic E-state index is 0.00663. The molecule has 7 aromatic rings. The van der Waals surface area contributed by atoms with Gasteiger partial charge in [-0.2, -0.15) is 13.6 Å². The minimum atomic E-state index is -6.32. The van der Waals surface area contributed by atoms with Crippen LogP contribution in [0.4, 0.5) is 23.4 Å². The molecule has 15 N–H and O–H groups in total. The highest BCUT2D eigenvalue weighted by molar-refractivity contribution is 7.66. The lowest BCUT2D eigenvalue weighted by Crippen LogP contribution is -2.47. The molecule has 494 valence electrons. The first-order chi connectivity index (χ1) is 42.7. The number of rotatable bonds is 24. The molecular weight excluding hydrogens is 1310 g/mol. The number of nitro groups is 1. The molecule has 0 amide bonds. The number of nitrogen functional groups attached to an aromatic ring is 3. The number of aliphatic hydroxyl groups excluding tert-OH is 3. The fourth-order valence-corrected chi connectivity index (χ4v) is 15.3. The summed E-state index contributed by atoms with van der Waals surface area (Å²) in [5.74, 6) is -0.761. The van der Waals surface area contributed by atoms with Crippen molar-refractivity contribution in [1.29, 1.82) is 0 Å². The van der Waals surface area contributed by atoms with Gasteiger partial charge in [-0.1, -0.05) is 37.9 Å². The van der Waals surface area contributed by atoms with E-state index in [1.165, 1.54) is 45.3 Å². The van der Waals surface area contributed by atoms with Gasteiger partial charge in [0, 0.05) is 6.07 Å². The lowest BCUT2D eigenvalue weighted by Gasteiger charge is -2.32. The van der Waals surface area contributed by atoms with Crippen molar-refractivity contribution in [1.82, 2.24) is 53.6 Å². The molecule has 2 bridgehead atoms. The number of anilines is 3. The van der Waals surface area contributed by atoms with Crippen LogP contribution in [0.2, 0.25) is 0 Å². The van der Waals surface area contributed by atoms with Crippen LogP contribution in [-0.4, -0.2) is 181 Å². The van der Waals surface area contributed by atoms with Gasteiger partial charge in [-0.15, -0.1) is 0 Å². The third kappa shape index (κ3) is 13.1. The van der Waals surface area contributed by atoms with E-state index in [0.29, 0.717) is 0 Å². The predicted octanol–water partition coefficient (Wildman–Crippen LogP) is -1.26. The third-order valence-electron chi connectivity index (χ3n) is 14.7. The molecule has 8 unspecified atom stereocenters. The number of phosphoric ester groups is 3. The van der Waals surface area contributed by atoms with Crippen molar-refractivity contribution < 1.29 is 118 Å². The summed E-state index contributed by atoms with van der Waals surface area (Å²) in [5, 5.41) is 45.6. The molecule has 91 heavy (non-hydrogen) atoms. The molecule has 4 fully saturated rings. The number of H-pyrrole nitrogens is 2. The molecule has 4 aliphatic heterocycles. The average molecular weight is 1370 g/mol. The molecule has 43 nitrogen and oxygen atoms in total. The van der Waals surface area contributed by atoms with Crippen LogP contribution < -0.4 is 32.9 Å². The maximum absolute atomic E-state index is 13.9. The third-order valence-corrected chi connectivity index (χ3v) is 19.9. The monoisotopic (exact) mass is 1370 g/mol. The second-order valence-corrected chi connectivity index (χ2v) is 28.0. The lowest BCUT2D eigenvalue weighted by atomic mass is 9.84. The zero-order valence-corrected chi connectivity index (χ0v) is 50.9. The number of aryl methyl sites for hydroxylation is 1. The molecule has 47 heteroatoms. The largest absolute Gasteiger partial charge is 0.490 e. The number of nitrogens with zero attached hydrogens (tertiary/aromatic N) is 11. The smallest absolute Gasteiger partial charge is 0.387 e. The van der Waals surface area contributed by atoms with E-state index in [0.717, 1.165) is 23.5 Å². The first-order valence-corrected chi connectivity index (χ1v) is 32.5. The van der Waals surface area contributed by atoms with E-state index in [4.69, 9.17) is 63.7 Å². The standard InChI is InChI=1S/C44H56N16O27P4/c1-43(2,3)30(18-7-5-6-8-19(18)60(66)67)78-17-77-28-26(62)21(83-39(28)59-16-56(4)24-35(59)53-42(47)55-37(24)65)10-80-89(70,71)86-91(74,75)87-90(72,73)81-12-44-11-76-29(40(84-44)57-14-50-22-32(45)48-13-49-33(22)57)31(44)85-88(68,69)79-9-20-25(61)27(63)38(82-20)58-15-51-23-34(58)52-41(46)54-36(23)64/h5-8,13-16,20-21,25-31,38-40,61-63H,9-12,17H2,1-4H3,(H11-,45,46,47,48,49,52,53,54,55,64,65,68,69,70,71,72,73,74,75)/p+1/t20-,21-,25?,26+,27+,28?,29+,30?,31?,38-,39-,40-,44-/m1/s1. The summed E-state index contributed by atoms with van der Waals surface area (Å²) >= 11 is 0. The molecule has 17 atom stereocenters. The zero-order chi connectivity index (χ0) is 65.7. The number of fused-ring (bicyclic) bond motifs is 5. The number of aliphatic hydroxyl groups is 3. The first-order valence-electron chi connectivity index (χ1n) is 26.5. The van der Waals surface area contributed by atoms with Crippen molar-refractivity contribution in [2.45, 2.75) is 100.0 Å². The van der Waals surface area contributed by atoms with Crippen LogP contribution in [0, 0.1) is 15.5 Å². The van der Waals surface area contributed by atoms with Crippen LogP contribution >= 0.6 is 31.3 Å². The molecular formula is C44H57N16O27P4+. The molecule has 0 radical (unpaired) electrons.